The van der Waals surface area contributed by atoms with Crippen LogP contribution in [0.25, 0.3) is 16.7 Å². The number of rotatable bonds is 9. The predicted molar refractivity (Wildman–Crippen MR) is 99.0 cm³/mol. The highest BCUT2D eigenvalue weighted by Crippen LogP contribution is 2.66. The summed E-state index contributed by atoms with van der Waals surface area (Å²) in [7, 11) is -16.7. The van der Waals surface area contributed by atoms with Gasteiger partial charge in [-0.2, -0.15) is 8.62 Å². The van der Waals surface area contributed by atoms with Gasteiger partial charge in [-0.25, -0.2) is 28.6 Å². The number of phosphoric ester groups is 1. The number of ether oxygens (including phenoxy) is 1. The van der Waals surface area contributed by atoms with Crippen LogP contribution in [-0.2, 0) is 31.6 Å². The van der Waals surface area contributed by atoms with Gasteiger partial charge in [-0.05, 0) is 0 Å². The number of imidazole rings is 1. The zero-order valence-corrected chi connectivity index (χ0v) is 18.1. The number of fused-ring (bicyclic) bond motifs is 1. The van der Waals surface area contributed by atoms with Crippen molar-refractivity contribution in [2.75, 3.05) is 12.3 Å². The minimum Gasteiger partial charge on any atom is -0.712 e. The average molecular weight is 518 g/mol. The highest BCUT2D eigenvalue weighted by atomic mass is 31.3. The molecule has 0 aliphatic carbocycles. The summed E-state index contributed by atoms with van der Waals surface area (Å²) in [5, 5.41) is 13.4. The first-order chi connectivity index (χ1) is 14.7. The maximum atomic E-state index is 11.9. The van der Waals surface area contributed by atoms with Gasteiger partial charge in [0.25, 0.3) is 0 Å². The molecule has 7 N–H and O–H groups in total. The molecule has 1 aliphatic rings. The van der Waals surface area contributed by atoms with Crippen LogP contribution in [0.2, 0.25) is 0 Å². The molecule has 0 amide bonds. The van der Waals surface area contributed by atoms with Gasteiger partial charge in [-0.15, -0.1) is 0 Å². The number of nitrogen functional groups attached to an aromatic ring is 1. The maximum absolute atomic E-state index is 11.9. The fourth-order valence-corrected chi connectivity index (χ4v) is 5.80. The van der Waals surface area contributed by atoms with Crippen LogP contribution in [0, 0.1) is 0 Å². The highest BCUT2D eigenvalue weighted by Gasteiger charge is 2.46. The van der Waals surface area contributed by atoms with Gasteiger partial charge in [-0.1, -0.05) is 0 Å². The number of aliphatic hydroxyl groups excluding tert-OH is 1. The molecule has 1 aliphatic heterocycles. The number of nitrogens with zero attached hydrogens (tertiary/aromatic N) is 6. The number of hydrogen-bond donors (Lipinski definition) is 6. The highest BCUT2D eigenvalue weighted by molar-refractivity contribution is 7.66. The smallest absolute Gasteiger partial charge is 0.490 e. The molecule has 1 fully saturated rings. The van der Waals surface area contributed by atoms with E-state index in [1.807, 2.05) is 0 Å². The third-order valence-electron chi connectivity index (χ3n) is 3.95. The zero-order valence-electron chi connectivity index (χ0n) is 15.4. The Kier molecular flexibility index (Phi) is 6.93. The largest absolute Gasteiger partial charge is 0.712 e. The van der Waals surface area contributed by atoms with E-state index in [9.17, 15) is 29.2 Å². The van der Waals surface area contributed by atoms with E-state index in [2.05, 4.69) is 33.2 Å². The van der Waals surface area contributed by atoms with Gasteiger partial charge in [-0.3, -0.25) is 9.09 Å². The fourth-order valence-electron chi connectivity index (χ4n) is 2.77. The van der Waals surface area contributed by atoms with E-state index in [0.717, 1.165) is 6.33 Å². The molecule has 22 heteroatoms. The molecule has 0 spiro atoms. The minimum absolute atomic E-state index is 0.0360. The molecule has 6 unspecified atom stereocenters. The van der Waals surface area contributed by atoms with Crippen molar-refractivity contribution in [1.29, 1.82) is 0 Å². The summed E-state index contributed by atoms with van der Waals surface area (Å²) in [5.41, 5.74) is 15.2. The van der Waals surface area contributed by atoms with E-state index >= 15 is 0 Å². The topological polar surface area (TPSA) is 294 Å². The number of nitrogens with two attached hydrogens (primary N) is 1. The Morgan fingerprint density at radius 1 is 1.16 bits per heavy atom. The summed E-state index contributed by atoms with van der Waals surface area (Å²) in [6.07, 6.45) is -1.94. The second-order valence-electron chi connectivity index (χ2n) is 6.13. The predicted octanol–water partition coefficient (Wildman–Crippen LogP) is -0.600. The Morgan fingerprint density at radius 3 is 2.47 bits per heavy atom. The molecule has 1 saturated heterocycles. The lowest BCUT2D eigenvalue weighted by atomic mass is 10.1. The van der Waals surface area contributed by atoms with Gasteiger partial charge < -0.3 is 45.8 Å². The van der Waals surface area contributed by atoms with Gasteiger partial charge in [0.15, 0.2) is 17.7 Å². The lowest BCUT2D eigenvalue weighted by molar-refractivity contribution is -0.0482. The van der Waals surface area contributed by atoms with Crippen LogP contribution in [0.4, 0.5) is 5.82 Å². The maximum Gasteiger partial charge on any atom is 0.490 e. The van der Waals surface area contributed by atoms with E-state index in [-0.39, 0.29) is 17.0 Å². The number of phosphoric acid groups is 3. The van der Waals surface area contributed by atoms with E-state index in [1.165, 1.54) is 10.9 Å². The molecule has 2 aromatic heterocycles. The van der Waals surface area contributed by atoms with Crippen molar-refractivity contribution in [3.63, 3.8) is 0 Å². The van der Waals surface area contributed by atoms with Gasteiger partial charge in [0.05, 0.1) is 19.0 Å². The van der Waals surface area contributed by atoms with Gasteiger partial charge >= 0.3 is 23.5 Å². The van der Waals surface area contributed by atoms with Crippen LogP contribution in [0.15, 0.2) is 17.8 Å². The van der Waals surface area contributed by atoms with Gasteiger partial charge in [0.2, 0.25) is 0 Å². The van der Waals surface area contributed by atoms with Crippen molar-refractivity contribution in [1.82, 2.24) is 19.5 Å². The standard InChI is InChI=1S/C10H15N7O12P3/c11-8-6-9(14-2-13-8)17(3-15-6)10-7(18)5(16-12)4(27-10)1-26-31(22,23)29-32(24,25)28-30(19,20)21/h2-5,7,10,18H,1H2,(H,22,23)(H,24,25)(H2,11,13,14)(H2,19,20,21)/q-1. The fraction of sp³-hybridized carbons (Fsp3) is 0.500. The summed E-state index contributed by atoms with van der Waals surface area (Å²) < 4.78 is 52.2. The Morgan fingerprint density at radius 2 is 1.84 bits per heavy atom. The number of aliphatic hydroxyl groups is 1. The molecule has 6 atom stereocenters. The van der Waals surface area contributed by atoms with Crippen LogP contribution in [-0.4, -0.2) is 69.1 Å². The van der Waals surface area contributed by atoms with Crippen molar-refractivity contribution < 1.29 is 56.3 Å². The molecule has 0 aromatic carbocycles. The van der Waals surface area contributed by atoms with Crippen LogP contribution in [0.1, 0.15) is 6.23 Å². The van der Waals surface area contributed by atoms with E-state index in [4.69, 9.17) is 25.2 Å². The van der Waals surface area contributed by atoms with Crippen molar-refractivity contribution >= 4 is 40.4 Å². The lowest BCUT2D eigenvalue weighted by Gasteiger charge is -2.20. The Balaban J connectivity index is 1.74. The molecule has 3 heterocycles. The summed E-state index contributed by atoms with van der Waals surface area (Å²) in [5.74, 6) is 0.0360. The van der Waals surface area contributed by atoms with Crippen LogP contribution in [0.5, 0.6) is 0 Å². The molecule has 0 bridgehead atoms. The first-order valence-electron chi connectivity index (χ1n) is 8.12. The van der Waals surface area contributed by atoms with Crippen LogP contribution in [0.3, 0.4) is 0 Å². The third kappa shape index (κ3) is 5.60. The van der Waals surface area contributed by atoms with Crippen molar-refractivity contribution in [2.45, 2.75) is 24.5 Å². The molecular formula is C10H15N7O12P3-. The van der Waals surface area contributed by atoms with Crippen LogP contribution < -0.4 is 5.73 Å². The summed E-state index contributed by atoms with van der Waals surface area (Å²) in [6, 6.07) is -1.44. The Hall–Kier alpha value is -1.72. The molecule has 0 saturated carbocycles. The molecule has 3 rings (SSSR count). The number of hydrogen-bond acceptors (Lipinski definition) is 13. The van der Waals surface area contributed by atoms with Gasteiger partial charge in [0.1, 0.15) is 24.1 Å². The monoisotopic (exact) mass is 518 g/mol. The zero-order chi connectivity index (χ0) is 23.9. The first-order valence-corrected chi connectivity index (χ1v) is 12.6. The van der Waals surface area contributed by atoms with Crippen molar-refractivity contribution in [3.8, 4) is 0 Å². The SMILES string of the molecule is [N-]=NC1C(COP(=O)(O)OP(=O)(O)OP(=O)(O)O)OC(n2cnc3c(N)ncnc32)C1O. The summed E-state index contributed by atoms with van der Waals surface area (Å²) in [6.45, 7) is -0.949. The van der Waals surface area contributed by atoms with E-state index in [0.29, 0.717) is 0 Å². The molecule has 32 heavy (non-hydrogen) atoms. The van der Waals surface area contributed by atoms with Gasteiger partial charge in [0, 0.05) is 0 Å². The Labute approximate surface area is 177 Å². The molecular weight excluding hydrogens is 503 g/mol. The molecule has 2 aromatic rings. The first kappa shape index (κ1) is 24.9. The van der Waals surface area contributed by atoms with Crippen molar-refractivity contribution in [3.05, 3.63) is 18.2 Å². The van der Waals surface area contributed by atoms with Crippen molar-refractivity contribution in [2.24, 2.45) is 5.11 Å². The summed E-state index contributed by atoms with van der Waals surface area (Å²) in [4.78, 5) is 47.4. The average Bonchev–Trinajstić information content (AvgIpc) is 3.18. The summed E-state index contributed by atoms with van der Waals surface area (Å²) >= 11 is 0. The molecule has 178 valence electrons. The normalized spacial score (nSPS) is 27.8. The second-order valence-corrected chi connectivity index (χ2v) is 10.6. The minimum atomic E-state index is -5.72. The number of anilines is 1. The van der Waals surface area contributed by atoms with E-state index < -0.39 is 54.6 Å². The lowest BCUT2D eigenvalue weighted by Crippen LogP contribution is -2.32. The molecule has 0 radical (unpaired) electrons. The quantitative estimate of drug-likeness (QED) is 0.178. The molecule has 19 nitrogen and oxygen atoms in total. The van der Waals surface area contributed by atoms with E-state index in [1.54, 1.807) is 0 Å². The van der Waals surface area contributed by atoms with Crippen LogP contribution >= 0.6 is 23.5 Å². The third-order valence-corrected chi connectivity index (χ3v) is 7.75. The Bertz CT molecular complexity index is 1150. The second kappa shape index (κ2) is 8.90. The number of aromatic nitrogens is 4.